The number of sulfonamides is 1. The second-order valence-corrected chi connectivity index (χ2v) is 6.95. The molecule has 126 valence electrons. The van der Waals surface area contributed by atoms with Gasteiger partial charge in [0, 0.05) is 17.3 Å². The number of anilines is 1. The van der Waals surface area contributed by atoms with Crippen LogP contribution in [0.25, 0.3) is 0 Å². The average Bonchev–Trinajstić information content (AvgIpc) is 2.55. The van der Waals surface area contributed by atoms with Crippen LogP contribution in [-0.4, -0.2) is 20.9 Å². The quantitative estimate of drug-likeness (QED) is 0.769. The van der Waals surface area contributed by atoms with E-state index in [9.17, 15) is 17.6 Å². The molecule has 2 aromatic carbocycles. The summed E-state index contributed by atoms with van der Waals surface area (Å²) in [6, 6.07) is 9.21. The standard InChI is InChI=1S/C16H14ClFN2O3S/c1-2-9-19-24(22,23)13-7-8-15(18)14(10-13)16(21)20-12-5-3-11(17)4-6-12/h2-8,10,19H,1,9H2,(H,20,21). The van der Waals surface area contributed by atoms with Crippen LogP contribution < -0.4 is 10.0 Å². The van der Waals surface area contributed by atoms with Gasteiger partial charge in [-0.1, -0.05) is 17.7 Å². The van der Waals surface area contributed by atoms with Gasteiger partial charge in [0.1, 0.15) is 5.82 Å². The molecule has 0 radical (unpaired) electrons. The number of amides is 1. The van der Waals surface area contributed by atoms with Crippen molar-refractivity contribution in [3.63, 3.8) is 0 Å². The Morgan fingerprint density at radius 2 is 1.88 bits per heavy atom. The summed E-state index contributed by atoms with van der Waals surface area (Å²) < 4.78 is 40.3. The molecule has 0 saturated carbocycles. The third kappa shape index (κ3) is 4.41. The minimum Gasteiger partial charge on any atom is -0.322 e. The third-order valence-corrected chi connectivity index (χ3v) is 4.69. The maximum absolute atomic E-state index is 13.9. The minimum atomic E-state index is -3.86. The highest BCUT2D eigenvalue weighted by Crippen LogP contribution is 2.18. The van der Waals surface area contributed by atoms with Gasteiger partial charge in [-0.15, -0.1) is 6.58 Å². The Hall–Kier alpha value is -2.22. The summed E-state index contributed by atoms with van der Waals surface area (Å²) in [5.41, 5.74) is 0.0215. The van der Waals surface area contributed by atoms with Crippen molar-refractivity contribution in [2.45, 2.75) is 4.90 Å². The summed E-state index contributed by atoms with van der Waals surface area (Å²) in [6.07, 6.45) is 1.37. The highest BCUT2D eigenvalue weighted by molar-refractivity contribution is 7.89. The van der Waals surface area contributed by atoms with Crippen LogP contribution in [0.4, 0.5) is 10.1 Å². The molecule has 2 N–H and O–H groups in total. The normalized spacial score (nSPS) is 11.1. The lowest BCUT2D eigenvalue weighted by atomic mass is 10.2. The lowest BCUT2D eigenvalue weighted by Gasteiger charge is -2.09. The minimum absolute atomic E-state index is 0.0199. The topological polar surface area (TPSA) is 75.3 Å². The molecule has 0 bridgehead atoms. The number of hydrogen-bond acceptors (Lipinski definition) is 3. The molecule has 0 aliphatic rings. The van der Waals surface area contributed by atoms with Crippen LogP contribution in [0.5, 0.6) is 0 Å². The molecule has 0 unspecified atom stereocenters. The third-order valence-electron chi connectivity index (χ3n) is 3.01. The maximum Gasteiger partial charge on any atom is 0.258 e. The number of hydrogen-bond donors (Lipinski definition) is 2. The fraction of sp³-hybridized carbons (Fsp3) is 0.0625. The number of rotatable bonds is 6. The first-order valence-electron chi connectivity index (χ1n) is 6.80. The van der Waals surface area contributed by atoms with Gasteiger partial charge in [0.05, 0.1) is 10.5 Å². The van der Waals surface area contributed by atoms with Crippen LogP contribution in [0, 0.1) is 5.82 Å². The number of halogens is 2. The maximum atomic E-state index is 13.9. The SMILES string of the molecule is C=CCNS(=O)(=O)c1ccc(F)c(C(=O)Nc2ccc(Cl)cc2)c1. The summed E-state index contributed by atoms with van der Waals surface area (Å²) in [6.45, 7) is 3.43. The van der Waals surface area contributed by atoms with Gasteiger partial charge in [0.15, 0.2) is 0 Å². The van der Waals surface area contributed by atoms with E-state index in [-0.39, 0.29) is 17.0 Å². The molecular formula is C16H14ClFN2O3S. The Balaban J connectivity index is 2.29. The van der Waals surface area contributed by atoms with Crippen molar-refractivity contribution >= 4 is 33.2 Å². The lowest BCUT2D eigenvalue weighted by Crippen LogP contribution is -2.24. The summed E-state index contributed by atoms with van der Waals surface area (Å²) >= 11 is 5.75. The van der Waals surface area contributed by atoms with Gasteiger partial charge in [-0.25, -0.2) is 17.5 Å². The van der Waals surface area contributed by atoms with E-state index in [0.29, 0.717) is 10.7 Å². The van der Waals surface area contributed by atoms with E-state index >= 15 is 0 Å². The smallest absolute Gasteiger partial charge is 0.258 e. The summed E-state index contributed by atoms with van der Waals surface area (Å²) in [5, 5.41) is 2.97. The molecule has 8 heteroatoms. The Bertz CT molecular complexity index is 867. The van der Waals surface area contributed by atoms with E-state index in [0.717, 1.165) is 18.2 Å². The van der Waals surface area contributed by atoms with Crippen LogP contribution in [0.3, 0.4) is 0 Å². The molecule has 0 heterocycles. The predicted molar refractivity (Wildman–Crippen MR) is 91.2 cm³/mol. The van der Waals surface area contributed by atoms with Gasteiger partial charge in [0.2, 0.25) is 10.0 Å². The number of carbonyl (C=O) groups excluding carboxylic acids is 1. The van der Waals surface area contributed by atoms with Crippen molar-refractivity contribution < 1.29 is 17.6 Å². The molecule has 0 fully saturated rings. The summed E-state index contributed by atoms with van der Waals surface area (Å²) in [7, 11) is -3.86. The Kier molecular flexibility index (Phi) is 5.71. The van der Waals surface area contributed by atoms with Crippen molar-refractivity contribution in [3.8, 4) is 0 Å². The fourth-order valence-corrected chi connectivity index (χ4v) is 2.98. The van der Waals surface area contributed by atoms with E-state index < -0.39 is 21.7 Å². The van der Waals surface area contributed by atoms with Gasteiger partial charge >= 0.3 is 0 Å². The molecule has 5 nitrogen and oxygen atoms in total. The second-order valence-electron chi connectivity index (χ2n) is 4.74. The van der Waals surface area contributed by atoms with Crippen LogP contribution in [0.1, 0.15) is 10.4 Å². The second kappa shape index (κ2) is 7.57. The zero-order valence-corrected chi connectivity index (χ0v) is 14.0. The van der Waals surface area contributed by atoms with Gasteiger partial charge in [0.25, 0.3) is 5.91 Å². The van der Waals surface area contributed by atoms with Crippen LogP contribution in [0.2, 0.25) is 5.02 Å². The van der Waals surface area contributed by atoms with E-state index in [1.54, 1.807) is 24.3 Å². The van der Waals surface area contributed by atoms with Crippen LogP contribution >= 0.6 is 11.6 Å². The molecule has 0 aliphatic carbocycles. The van der Waals surface area contributed by atoms with Gasteiger partial charge in [-0.05, 0) is 42.5 Å². The summed E-state index contributed by atoms with van der Waals surface area (Å²) in [4.78, 5) is 12.0. The molecule has 2 rings (SSSR count). The van der Waals surface area contributed by atoms with Crippen LogP contribution in [0.15, 0.2) is 60.0 Å². The molecule has 0 atom stereocenters. The molecule has 24 heavy (non-hydrogen) atoms. The molecule has 0 aliphatic heterocycles. The zero-order chi connectivity index (χ0) is 17.7. The van der Waals surface area contributed by atoms with Crippen molar-refractivity contribution in [1.82, 2.24) is 4.72 Å². The molecular weight excluding hydrogens is 355 g/mol. The molecule has 0 aromatic heterocycles. The largest absolute Gasteiger partial charge is 0.322 e. The fourth-order valence-electron chi connectivity index (χ4n) is 1.83. The monoisotopic (exact) mass is 368 g/mol. The van der Waals surface area contributed by atoms with Gasteiger partial charge < -0.3 is 5.32 Å². The van der Waals surface area contributed by atoms with Gasteiger partial charge in [-0.2, -0.15) is 0 Å². The molecule has 0 saturated heterocycles. The molecule has 0 spiro atoms. The van der Waals surface area contributed by atoms with E-state index in [4.69, 9.17) is 11.6 Å². The van der Waals surface area contributed by atoms with Crippen molar-refractivity contribution in [1.29, 1.82) is 0 Å². The number of benzene rings is 2. The highest BCUT2D eigenvalue weighted by atomic mass is 35.5. The predicted octanol–water partition coefficient (Wildman–Crippen LogP) is 3.20. The Morgan fingerprint density at radius 3 is 2.50 bits per heavy atom. The van der Waals surface area contributed by atoms with Crippen molar-refractivity contribution in [3.05, 3.63) is 71.5 Å². The van der Waals surface area contributed by atoms with E-state index in [1.165, 1.54) is 6.08 Å². The lowest BCUT2D eigenvalue weighted by molar-refractivity contribution is 0.102. The Labute approximate surface area is 144 Å². The first kappa shape index (κ1) is 18.1. The molecule has 2 aromatic rings. The van der Waals surface area contributed by atoms with Crippen molar-refractivity contribution in [2.24, 2.45) is 0 Å². The zero-order valence-electron chi connectivity index (χ0n) is 12.4. The number of nitrogens with one attached hydrogen (secondary N) is 2. The number of carbonyl (C=O) groups is 1. The van der Waals surface area contributed by atoms with Crippen molar-refractivity contribution in [2.75, 3.05) is 11.9 Å². The summed E-state index contributed by atoms with van der Waals surface area (Å²) in [5.74, 6) is -1.60. The Morgan fingerprint density at radius 1 is 1.21 bits per heavy atom. The average molecular weight is 369 g/mol. The van der Waals surface area contributed by atoms with E-state index in [2.05, 4.69) is 16.6 Å². The first-order valence-corrected chi connectivity index (χ1v) is 8.66. The van der Waals surface area contributed by atoms with E-state index in [1.807, 2.05) is 0 Å². The molecule has 1 amide bonds. The van der Waals surface area contributed by atoms with Crippen LogP contribution in [-0.2, 0) is 10.0 Å². The van der Waals surface area contributed by atoms with Gasteiger partial charge in [-0.3, -0.25) is 4.79 Å². The highest BCUT2D eigenvalue weighted by Gasteiger charge is 2.19. The first-order chi connectivity index (χ1) is 11.3.